The van der Waals surface area contributed by atoms with E-state index in [-0.39, 0.29) is 0 Å². The molecule has 0 aliphatic rings. The van der Waals surface area contributed by atoms with Crippen LogP contribution in [0.3, 0.4) is 0 Å². The molecule has 0 saturated heterocycles. The molecule has 4 heteroatoms. The van der Waals surface area contributed by atoms with Gasteiger partial charge in [0.1, 0.15) is 17.5 Å². The summed E-state index contributed by atoms with van der Waals surface area (Å²) < 4.78 is 0. The minimum absolute atomic E-state index is 0.443. The molecule has 24 heavy (non-hydrogen) atoms. The molecule has 2 aromatic carbocycles. The summed E-state index contributed by atoms with van der Waals surface area (Å²) in [5, 5.41) is 6.75. The average molecular weight is 318 g/mol. The van der Waals surface area contributed by atoms with Gasteiger partial charge in [-0.15, -0.1) is 0 Å². The van der Waals surface area contributed by atoms with Crippen LogP contribution >= 0.6 is 0 Å². The van der Waals surface area contributed by atoms with Crippen LogP contribution in [-0.2, 0) is 0 Å². The smallest absolute Gasteiger partial charge is 0.136 e. The van der Waals surface area contributed by atoms with Gasteiger partial charge in [0, 0.05) is 17.4 Å². The van der Waals surface area contributed by atoms with Crippen molar-refractivity contribution in [2.24, 2.45) is 0 Å². The molecule has 0 bridgehead atoms. The quantitative estimate of drug-likeness (QED) is 0.661. The summed E-state index contributed by atoms with van der Waals surface area (Å²) in [5.41, 5.74) is 3.35. The lowest BCUT2D eigenvalue weighted by Crippen LogP contribution is -2.03. The molecule has 0 amide bonds. The van der Waals surface area contributed by atoms with Gasteiger partial charge in [0.2, 0.25) is 0 Å². The summed E-state index contributed by atoms with van der Waals surface area (Å²) in [6.07, 6.45) is 0. The molecular weight excluding hydrogens is 296 g/mol. The second-order valence-electron chi connectivity index (χ2n) is 6.04. The number of benzene rings is 2. The normalized spacial score (nSPS) is 10.7. The van der Waals surface area contributed by atoms with Crippen LogP contribution in [0.1, 0.15) is 31.2 Å². The Balaban J connectivity index is 1.87. The predicted octanol–water partition coefficient (Wildman–Crippen LogP) is 5.40. The molecule has 0 fully saturated rings. The highest BCUT2D eigenvalue weighted by molar-refractivity contribution is 5.65. The lowest BCUT2D eigenvalue weighted by molar-refractivity contribution is 0.868. The van der Waals surface area contributed by atoms with Gasteiger partial charge in [-0.05, 0) is 36.6 Å². The molecule has 3 rings (SSSR count). The van der Waals surface area contributed by atoms with Gasteiger partial charge in [0.15, 0.2) is 0 Å². The molecular formula is C20H22N4. The third-order valence-electron chi connectivity index (χ3n) is 3.73. The fourth-order valence-corrected chi connectivity index (χ4v) is 2.62. The van der Waals surface area contributed by atoms with Crippen LogP contribution in [0.5, 0.6) is 0 Å². The van der Waals surface area contributed by atoms with Crippen LogP contribution in [0.4, 0.5) is 23.0 Å². The highest BCUT2D eigenvalue weighted by Crippen LogP contribution is 2.27. The largest absolute Gasteiger partial charge is 0.340 e. The van der Waals surface area contributed by atoms with Crippen molar-refractivity contribution in [3.8, 4) is 0 Å². The molecule has 4 nitrogen and oxygen atoms in total. The summed E-state index contributed by atoms with van der Waals surface area (Å²) in [6, 6.07) is 20.3. The first-order chi connectivity index (χ1) is 11.6. The standard InChI is InChI=1S/C20H22N4/c1-14(2)17-11-7-8-12-18(17)24-20-13-19(21-15(3)22-20)23-16-9-5-4-6-10-16/h4-14H,1-3H3,(H2,21,22,23,24). The fourth-order valence-electron chi connectivity index (χ4n) is 2.62. The highest BCUT2D eigenvalue weighted by atomic mass is 15.1. The minimum atomic E-state index is 0.443. The van der Waals surface area contributed by atoms with E-state index >= 15 is 0 Å². The molecule has 0 spiro atoms. The number of rotatable bonds is 5. The Labute approximate surface area is 143 Å². The number of nitrogens with zero attached hydrogens (tertiary/aromatic N) is 2. The second kappa shape index (κ2) is 7.13. The molecule has 0 aliphatic heterocycles. The molecule has 2 N–H and O–H groups in total. The zero-order valence-corrected chi connectivity index (χ0v) is 14.2. The van der Waals surface area contributed by atoms with Crippen molar-refractivity contribution >= 4 is 23.0 Å². The number of hydrogen-bond acceptors (Lipinski definition) is 4. The third kappa shape index (κ3) is 3.90. The van der Waals surface area contributed by atoms with E-state index in [9.17, 15) is 0 Å². The molecule has 0 atom stereocenters. The first-order valence-electron chi connectivity index (χ1n) is 8.15. The van der Waals surface area contributed by atoms with E-state index in [2.05, 4.69) is 52.6 Å². The summed E-state index contributed by atoms with van der Waals surface area (Å²) in [5.74, 6) is 2.73. The van der Waals surface area contributed by atoms with Gasteiger partial charge in [-0.25, -0.2) is 9.97 Å². The lowest BCUT2D eigenvalue weighted by atomic mass is 10.0. The molecule has 3 aromatic rings. The van der Waals surface area contributed by atoms with E-state index in [1.54, 1.807) is 0 Å². The van der Waals surface area contributed by atoms with Crippen LogP contribution in [-0.4, -0.2) is 9.97 Å². The van der Waals surface area contributed by atoms with Crippen LogP contribution in [0.25, 0.3) is 0 Å². The summed E-state index contributed by atoms with van der Waals surface area (Å²) >= 11 is 0. The molecule has 0 aliphatic carbocycles. The van der Waals surface area contributed by atoms with Crippen molar-refractivity contribution in [2.75, 3.05) is 10.6 Å². The predicted molar refractivity (Wildman–Crippen MR) is 100 cm³/mol. The van der Waals surface area contributed by atoms with Crippen molar-refractivity contribution in [1.29, 1.82) is 0 Å². The first-order valence-corrected chi connectivity index (χ1v) is 8.15. The van der Waals surface area contributed by atoms with Crippen molar-refractivity contribution < 1.29 is 0 Å². The molecule has 1 heterocycles. The molecule has 122 valence electrons. The van der Waals surface area contributed by atoms with E-state index in [0.29, 0.717) is 5.92 Å². The average Bonchev–Trinajstić information content (AvgIpc) is 2.55. The van der Waals surface area contributed by atoms with Gasteiger partial charge in [0.25, 0.3) is 0 Å². The number of para-hydroxylation sites is 2. The summed E-state index contributed by atoms with van der Waals surface area (Å²) in [4.78, 5) is 8.98. The molecule has 0 radical (unpaired) electrons. The maximum Gasteiger partial charge on any atom is 0.136 e. The Morgan fingerprint density at radius 1 is 0.792 bits per heavy atom. The van der Waals surface area contributed by atoms with Crippen LogP contribution in [0, 0.1) is 6.92 Å². The second-order valence-corrected chi connectivity index (χ2v) is 6.04. The Bertz CT molecular complexity index is 813. The summed E-state index contributed by atoms with van der Waals surface area (Å²) in [6.45, 7) is 6.28. The monoisotopic (exact) mass is 318 g/mol. The molecule has 1 aromatic heterocycles. The van der Waals surface area contributed by atoms with Crippen molar-refractivity contribution in [1.82, 2.24) is 9.97 Å². The number of aryl methyl sites for hydroxylation is 1. The zero-order valence-electron chi connectivity index (χ0n) is 14.2. The third-order valence-corrected chi connectivity index (χ3v) is 3.73. The Morgan fingerprint density at radius 2 is 1.42 bits per heavy atom. The SMILES string of the molecule is Cc1nc(Nc2ccccc2)cc(Nc2ccccc2C(C)C)n1. The Morgan fingerprint density at radius 3 is 2.12 bits per heavy atom. The van der Waals surface area contributed by atoms with Crippen molar-refractivity contribution in [3.63, 3.8) is 0 Å². The first kappa shape index (κ1) is 16.0. The Kier molecular flexibility index (Phi) is 4.75. The lowest BCUT2D eigenvalue weighted by Gasteiger charge is -2.15. The highest BCUT2D eigenvalue weighted by Gasteiger charge is 2.08. The van der Waals surface area contributed by atoms with Gasteiger partial charge < -0.3 is 10.6 Å². The van der Waals surface area contributed by atoms with E-state index in [4.69, 9.17) is 0 Å². The van der Waals surface area contributed by atoms with Gasteiger partial charge >= 0.3 is 0 Å². The van der Waals surface area contributed by atoms with E-state index < -0.39 is 0 Å². The Hall–Kier alpha value is -2.88. The van der Waals surface area contributed by atoms with Crippen LogP contribution in [0.2, 0.25) is 0 Å². The van der Waals surface area contributed by atoms with E-state index in [1.165, 1.54) is 5.56 Å². The van der Waals surface area contributed by atoms with Crippen LogP contribution in [0.15, 0.2) is 60.7 Å². The van der Waals surface area contributed by atoms with Gasteiger partial charge in [-0.1, -0.05) is 50.2 Å². The van der Waals surface area contributed by atoms with E-state index in [1.807, 2.05) is 49.4 Å². The number of hydrogen-bond donors (Lipinski definition) is 2. The van der Waals surface area contributed by atoms with Crippen molar-refractivity contribution in [2.45, 2.75) is 26.7 Å². The number of nitrogens with one attached hydrogen (secondary N) is 2. The molecule has 0 unspecified atom stereocenters. The number of anilines is 4. The molecule has 0 saturated carbocycles. The number of aromatic nitrogens is 2. The zero-order chi connectivity index (χ0) is 16.9. The van der Waals surface area contributed by atoms with Crippen molar-refractivity contribution in [3.05, 3.63) is 72.1 Å². The van der Waals surface area contributed by atoms with E-state index in [0.717, 1.165) is 28.8 Å². The van der Waals surface area contributed by atoms with Crippen LogP contribution < -0.4 is 10.6 Å². The van der Waals surface area contributed by atoms with Gasteiger partial charge in [0.05, 0.1) is 0 Å². The minimum Gasteiger partial charge on any atom is -0.340 e. The van der Waals surface area contributed by atoms with Gasteiger partial charge in [-0.2, -0.15) is 0 Å². The van der Waals surface area contributed by atoms with Gasteiger partial charge in [-0.3, -0.25) is 0 Å². The fraction of sp³-hybridized carbons (Fsp3) is 0.200. The topological polar surface area (TPSA) is 49.8 Å². The summed E-state index contributed by atoms with van der Waals surface area (Å²) in [7, 11) is 0. The maximum atomic E-state index is 4.51. The maximum absolute atomic E-state index is 4.51.